The van der Waals surface area contributed by atoms with Gasteiger partial charge < -0.3 is 14.0 Å². The predicted molar refractivity (Wildman–Crippen MR) is 134 cm³/mol. The molecule has 0 saturated heterocycles. The Balaban J connectivity index is 1.90. The molecule has 0 saturated carbocycles. The molecular formula is C26H23N3O5S. The van der Waals surface area contributed by atoms with Gasteiger partial charge in [-0.05, 0) is 37.3 Å². The van der Waals surface area contributed by atoms with Gasteiger partial charge in [0, 0.05) is 47.4 Å². The van der Waals surface area contributed by atoms with Crippen LogP contribution in [0.4, 0.5) is 0 Å². The lowest BCUT2D eigenvalue weighted by atomic mass is 10.1. The zero-order valence-electron chi connectivity index (χ0n) is 19.6. The Morgan fingerprint density at radius 1 is 0.943 bits per heavy atom. The van der Waals surface area contributed by atoms with E-state index in [2.05, 4.69) is 4.98 Å². The third kappa shape index (κ3) is 3.47. The van der Waals surface area contributed by atoms with Crippen LogP contribution in [0.5, 0.6) is 11.5 Å². The quantitative estimate of drug-likeness (QED) is 0.325. The molecule has 0 amide bonds. The molecule has 3 heterocycles. The molecule has 0 N–H and O–H groups in total. The van der Waals surface area contributed by atoms with Crippen LogP contribution in [0.1, 0.15) is 15.9 Å². The van der Waals surface area contributed by atoms with E-state index in [-0.39, 0.29) is 10.5 Å². The molecule has 0 aliphatic carbocycles. The Labute approximate surface area is 202 Å². The van der Waals surface area contributed by atoms with E-state index in [1.54, 1.807) is 50.6 Å². The maximum Gasteiger partial charge on any atom is 0.269 e. The van der Waals surface area contributed by atoms with Crippen LogP contribution in [-0.4, -0.2) is 42.4 Å². The summed E-state index contributed by atoms with van der Waals surface area (Å²) in [6, 6.07) is 13.6. The number of aromatic nitrogens is 3. The van der Waals surface area contributed by atoms with Crippen LogP contribution in [0.25, 0.3) is 33.2 Å². The second-order valence-corrected chi connectivity index (χ2v) is 10.0. The maximum atomic E-state index is 14.0. The first-order valence-electron chi connectivity index (χ1n) is 10.8. The monoisotopic (exact) mass is 489 g/mol. The number of aldehydes is 1. The summed E-state index contributed by atoms with van der Waals surface area (Å²) in [7, 11) is 0.920. The number of ether oxygens (including phenoxy) is 2. The van der Waals surface area contributed by atoms with Gasteiger partial charge in [0.2, 0.25) is 0 Å². The number of nitrogens with zero attached hydrogens (tertiary/aromatic N) is 3. The van der Waals surface area contributed by atoms with Gasteiger partial charge in [-0.1, -0.05) is 17.7 Å². The lowest BCUT2D eigenvalue weighted by Gasteiger charge is -2.12. The summed E-state index contributed by atoms with van der Waals surface area (Å²) in [5, 5.41) is 1.21. The van der Waals surface area contributed by atoms with Gasteiger partial charge in [0.1, 0.15) is 0 Å². The molecule has 0 aliphatic heterocycles. The van der Waals surface area contributed by atoms with E-state index in [4.69, 9.17) is 9.47 Å². The van der Waals surface area contributed by atoms with Gasteiger partial charge in [-0.25, -0.2) is 17.4 Å². The van der Waals surface area contributed by atoms with Gasteiger partial charge in [-0.2, -0.15) is 0 Å². The molecule has 35 heavy (non-hydrogen) atoms. The first kappa shape index (κ1) is 22.7. The van der Waals surface area contributed by atoms with Crippen molar-refractivity contribution in [3.8, 4) is 22.8 Å². The average molecular weight is 490 g/mol. The van der Waals surface area contributed by atoms with Crippen molar-refractivity contribution in [1.29, 1.82) is 0 Å². The number of carbonyl (C=O) groups is 1. The fourth-order valence-corrected chi connectivity index (χ4v) is 5.83. The molecule has 178 valence electrons. The highest BCUT2D eigenvalue weighted by molar-refractivity contribution is 7.90. The number of carbonyl (C=O) groups excluding carboxylic acids is 1. The molecule has 5 rings (SSSR count). The number of rotatable bonds is 6. The minimum Gasteiger partial charge on any atom is -0.493 e. The largest absolute Gasteiger partial charge is 0.493 e. The highest BCUT2D eigenvalue weighted by Crippen LogP contribution is 2.41. The zero-order valence-corrected chi connectivity index (χ0v) is 20.5. The number of benzene rings is 2. The Kier molecular flexibility index (Phi) is 5.36. The fourth-order valence-electron chi connectivity index (χ4n) is 4.36. The first-order valence-corrected chi connectivity index (χ1v) is 12.2. The Morgan fingerprint density at radius 3 is 2.29 bits per heavy atom. The standard InChI is InChI=1S/C26H23N3O5S/c1-16-5-7-18(8-6-16)35(31,32)29-23(11-19-17(15-30)9-10-27-26(19)29)21-14-28(2)22-13-25(34-4)24(33-3)12-20(21)22/h5-15H,1-4H3. The van der Waals surface area contributed by atoms with E-state index >= 15 is 0 Å². The number of fused-ring (bicyclic) bond motifs is 2. The molecule has 0 spiro atoms. The number of pyridine rings is 1. The van der Waals surface area contributed by atoms with Gasteiger partial charge in [-0.3, -0.25) is 4.79 Å². The molecule has 0 atom stereocenters. The van der Waals surface area contributed by atoms with Gasteiger partial charge in [0.05, 0.1) is 30.3 Å². The van der Waals surface area contributed by atoms with Crippen molar-refractivity contribution in [1.82, 2.24) is 13.5 Å². The van der Waals surface area contributed by atoms with E-state index in [1.165, 1.54) is 10.2 Å². The summed E-state index contributed by atoms with van der Waals surface area (Å²) in [6.45, 7) is 1.89. The molecule has 0 radical (unpaired) electrons. The third-order valence-electron chi connectivity index (χ3n) is 6.15. The molecule has 0 unspecified atom stereocenters. The molecule has 5 aromatic rings. The van der Waals surface area contributed by atoms with E-state index in [9.17, 15) is 13.2 Å². The first-order chi connectivity index (χ1) is 16.8. The van der Waals surface area contributed by atoms with Gasteiger partial charge >= 0.3 is 0 Å². The van der Waals surface area contributed by atoms with Crippen molar-refractivity contribution < 1.29 is 22.7 Å². The number of hydrogen-bond acceptors (Lipinski definition) is 6. The van der Waals surface area contributed by atoms with Crippen LogP contribution in [-0.2, 0) is 17.1 Å². The summed E-state index contributed by atoms with van der Waals surface area (Å²) < 4.78 is 42.0. The minimum absolute atomic E-state index is 0.125. The summed E-state index contributed by atoms with van der Waals surface area (Å²) >= 11 is 0. The molecule has 0 bridgehead atoms. The fraction of sp³-hybridized carbons (Fsp3) is 0.154. The van der Waals surface area contributed by atoms with Crippen LogP contribution >= 0.6 is 0 Å². The van der Waals surface area contributed by atoms with Crippen molar-refractivity contribution in [2.75, 3.05) is 14.2 Å². The molecule has 3 aromatic heterocycles. The summed E-state index contributed by atoms with van der Waals surface area (Å²) in [5.41, 5.74) is 3.34. The second kappa shape index (κ2) is 8.28. The Morgan fingerprint density at radius 2 is 1.63 bits per heavy atom. The van der Waals surface area contributed by atoms with Crippen LogP contribution in [0.2, 0.25) is 0 Å². The molecular weight excluding hydrogens is 466 g/mol. The zero-order chi connectivity index (χ0) is 24.9. The van der Waals surface area contributed by atoms with Crippen molar-refractivity contribution in [3.05, 3.63) is 72.1 Å². The summed E-state index contributed by atoms with van der Waals surface area (Å²) in [4.78, 5) is 16.3. The maximum absolute atomic E-state index is 14.0. The van der Waals surface area contributed by atoms with Crippen molar-refractivity contribution in [2.24, 2.45) is 7.05 Å². The van der Waals surface area contributed by atoms with E-state index in [0.29, 0.717) is 40.0 Å². The Hall–Kier alpha value is -4.11. The number of methoxy groups -OCH3 is 2. The topological polar surface area (TPSA) is 92.4 Å². The van der Waals surface area contributed by atoms with Gasteiger partial charge in [0.25, 0.3) is 10.0 Å². The van der Waals surface area contributed by atoms with E-state index in [0.717, 1.165) is 16.5 Å². The van der Waals surface area contributed by atoms with Crippen LogP contribution in [0.15, 0.2) is 65.8 Å². The van der Waals surface area contributed by atoms with Crippen LogP contribution < -0.4 is 9.47 Å². The van der Waals surface area contributed by atoms with Gasteiger partial charge in [-0.15, -0.1) is 0 Å². The smallest absolute Gasteiger partial charge is 0.269 e. The predicted octanol–water partition coefficient (Wildman–Crippen LogP) is 4.57. The average Bonchev–Trinajstić information content (AvgIpc) is 3.41. The normalized spacial score (nSPS) is 11.8. The molecule has 2 aromatic carbocycles. The Bertz CT molecular complexity index is 1710. The molecule has 0 aliphatic rings. The summed E-state index contributed by atoms with van der Waals surface area (Å²) in [6.07, 6.45) is 3.99. The lowest BCUT2D eigenvalue weighted by molar-refractivity contribution is 0.112. The van der Waals surface area contributed by atoms with Crippen molar-refractivity contribution in [2.45, 2.75) is 11.8 Å². The molecule has 9 heteroatoms. The second-order valence-electron chi connectivity index (χ2n) is 8.25. The highest BCUT2D eigenvalue weighted by Gasteiger charge is 2.27. The van der Waals surface area contributed by atoms with Crippen LogP contribution in [0.3, 0.4) is 0 Å². The van der Waals surface area contributed by atoms with E-state index < -0.39 is 10.0 Å². The summed E-state index contributed by atoms with van der Waals surface area (Å²) in [5.74, 6) is 1.08. The third-order valence-corrected chi connectivity index (χ3v) is 7.87. The lowest BCUT2D eigenvalue weighted by Crippen LogP contribution is -2.14. The van der Waals surface area contributed by atoms with E-state index in [1.807, 2.05) is 36.9 Å². The van der Waals surface area contributed by atoms with Crippen molar-refractivity contribution in [3.63, 3.8) is 0 Å². The van der Waals surface area contributed by atoms with Gasteiger partial charge in [0.15, 0.2) is 23.4 Å². The highest BCUT2D eigenvalue weighted by atomic mass is 32.2. The SMILES string of the molecule is COc1cc2c(-c3cc4c(C=O)ccnc4n3S(=O)(=O)c3ccc(C)cc3)cn(C)c2cc1OC. The molecule has 0 fully saturated rings. The molecule has 8 nitrogen and oxygen atoms in total. The number of hydrogen-bond donors (Lipinski definition) is 0. The van der Waals surface area contributed by atoms with Crippen LogP contribution in [0, 0.1) is 6.92 Å². The van der Waals surface area contributed by atoms with Crippen molar-refractivity contribution >= 4 is 38.2 Å². The minimum atomic E-state index is -4.06. The number of aryl methyl sites for hydroxylation is 2.